The summed E-state index contributed by atoms with van der Waals surface area (Å²) in [6, 6.07) is 20.3. The van der Waals surface area contributed by atoms with Gasteiger partial charge in [0.2, 0.25) is 11.8 Å². The molecular weight excluding hydrogens is 458 g/mol. The number of aromatic nitrogens is 1. The van der Waals surface area contributed by atoms with E-state index in [1.54, 1.807) is 23.6 Å². The molecule has 8 heteroatoms. The van der Waals surface area contributed by atoms with E-state index >= 15 is 0 Å². The van der Waals surface area contributed by atoms with Crippen LogP contribution in [0.15, 0.2) is 82.6 Å². The molecule has 4 aromatic rings. The largest absolute Gasteiger partial charge is 0.459 e. The molecule has 2 heterocycles. The van der Waals surface area contributed by atoms with Crippen molar-refractivity contribution in [3.05, 3.63) is 94.7 Å². The number of nitrogens with zero attached hydrogens (tertiary/aromatic N) is 2. The molecule has 0 aliphatic rings. The smallest absolute Gasteiger partial charge is 0.244 e. The highest BCUT2D eigenvalue weighted by Gasteiger charge is 2.17. The Balaban J connectivity index is 1.35. The van der Waals surface area contributed by atoms with Gasteiger partial charge in [-0.3, -0.25) is 14.5 Å². The number of nitrogens with one attached hydrogen (secondary N) is 1. The predicted molar refractivity (Wildman–Crippen MR) is 131 cm³/mol. The Morgan fingerprint density at radius 1 is 1.09 bits per heavy atom. The fourth-order valence-corrected chi connectivity index (χ4v) is 4.08. The molecule has 4 rings (SSSR count). The zero-order valence-corrected chi connectivity index (χ0v) is 19.3. The maximum atomic E-state index is 12.2. The van der Waals surface area contributed by atoms with Gasteiger partial charge in [0.1, 0.15) is 11.5 Å². The van der Waals surface area contributed by atoms with Crippen molar-refractivity contribution < 1.29 is 14.0 Å². The number of anilines is 2. The summed E-state index contributed by atoms with van der Waals surface area (Å²) in [7, 11) is 0. The molecule has 0 aliphatic heterocycles. The van der Waals surface area contributed by atoms with Crippen LogP contribution in [0.2, 0.25) is 5.02 Å². The minimum atomic E-state index is -0.277. The SMILES string of the molecule is CC(=O)N(c1ccccc1)c1nc(/C=C/C(=O)NCc2ccc(-c3ccc(Cl)cc3)o2)cs1. The van der Waals surface area contributed by atoms with Crippen molar-refractivity contribution in [1.82, 2.24) is 10.3 Å². The Bertz CT molecular complexity index is 1280. The Kier molecular flexibility index (Phi) is 7.02. The van der Waals surface area contributed by atoms with E-state index in [0.29, 0.717) is 27.4 Å². The first-order chi connectivity index (χ1) is 16.0. The first-order valence-corrected chi connectivity index (χ1v) is 11.4. The van der Waals surface area contributed by atoms with Crippen LogP contribution in [0.3, 0.4) is 0 Å². The highest BCUT2D eigenvalue weighted by Crippen LogP contribution is 2.29. The first kappa shape index (κ1) is 22.5. The molecule has 2 aromatic heterocycles. The van der Waals surface area contributed by atoms with Gasteiger partial charge in [0.15, 0.2) is 5.13 Å². The minimum absolute atomic E-state index is 0.139. The molecule has 0 atom stereocenters. The maximum Gasteiger partial charge on any atom is 0.244 e. The van der Waals surface area contributed by atoms with E-state index in [0.717, 1.165) is 11.3 Å². The number of hydrogen-bond acceptors (Lipinski definition) is 5. The normalized spacial score (nSPS) is 11.0. The van der Waals surface area contributed by atoms with Crippen LogP contribution in [0.5, 0.6) is 0 Å². The van der Waals surface area contributed by atoms with Gasteiger partial charge in [0, 0.05) is 29.0 Å². The summed E-state index contributed by atoms with van der Waals surface area (Å²) in [6.45, 7) is 1.75. The fourth-order valence-electron chi connectivity index (χ4n) is 3.10. The van der Waals surface area contributed by atoms with Crippen molar-refractivity contribution in [3.8, 4) is 11.3 Å². The summed E-state index contributed by atoms with van der Waals surface area (Å²) in [5.41, 5.74) is 2.24. The third kappa shape index (κ3) is 5.77. The molecule has 2 amide bonds. The van der Waals surface area contributed by atoms with Gasteiger partial charge >= 0.3 is 0 Å². The van der Waals surface area contributed by atoms with Crippen molar-refractivity contribution >= 4 is 51.6 Å². The number of benzene rings is 2. The lowest BCUT2D eigenvalue weighted by atomic mass is 10.2. The maximum absolute atomic E-state index is 12.2. The Labute approximate surface area is 200 Å². The van der Waals surface area contributed by atoms with E-state index in [1.165, 1.54) is 29.2 Å². The van der Waals surface area contributed by atoms with E-state index in [2.05, 4.69) is 10.3 Å². The highest BCUT2D eigenvalue weighted by molar-refractivity contribution is 7.14. The van der Waals surface area contributed by atoms with Gasteiger partial charge in [-0.05, 0) is 54.6 Å². The van der Waals surface area contributed by atoms with Gasteiger partial charge in [-0.15, -0.1) is 11.3 Å². The van der Waals surface area contributed by atoms with Crippen molar-refractivity contribution in [2.45, 2.75) is 13.5 Å². The third-order valence-electron chi connectivity index (χ3n) is 4.66. The molecule has 33 heavy (non-hydrogen) atoms. The molecule has 166 valence electrons. The van der Waals surface area contributed by atoms with Crippen LogP contribution < -0.4 is 10.2 Å². The summed E-state index contributed by atoms with van der Waals surface area (Å²) >= 11 is 7.25. The molecule has 0 unspecified atom stereocenters. The summed E-state index contributed by atoms with van der Waals surface area (Å²) < 4.78 is 5.79. The van der Waals surface area contributed by atoms with Crippen LogP contribution in [0.1, 0.15) is 18.4 Å². The number of amides is 2. The summed E-state index contributed by atoms with van der Waals surface area (Å²) in [5, 5.41) is 5.78. The van der Waals surface area contributed by atoms with Crippen molar-refractivity contribution in [2.24, 2.45) is 0 Å². The number of hydrogen-bond donors (Lipinski definition) is 1. The number of rotatable bonds is 7. The number of para-hydroxylation sites is 1. The average Bonchev–Trinajstić information content (AvgIpc) is 3.47. The standard InChI is InChI=1S/C25H20ClN3O3S/c1-17(30)29(21-5-3-2-4-6-21)25-28-20(16-33-25)11-14-24(31)27-15-22-12-13-23(32-22)18-7-9-19(26)10-8-18/h2-14,16H,15H2,1H3,(H,27,31)/b14-11+. The van der Waals surface area contributed by atoms with E-state index in [9.17, 15) is 9.59 Å². The lowest BCUT2D eigenvalue weighted by Crippen LogP contribution is -2.22. The molecule has 2 aromatic carbocycles. The summed E-state index contributed by atoms with van der Waals surface area (Å²) in [5.74, 6) is 0.924. The number of thiazole rings is 1. The molecular formula is C25H20ClN3O3S. The summed E-state index contributed by atoms with van der Waals surface area (Å²) in [4.78, 5) is 30.4. The van der Waals surface area contributed by atoms with Gasteiger partial charge in [-0.2, -0.15) is 0 Å². The van der Waals surface area contributed by atoms with Crippen LogP contribution in [-0.2, 0) is 16.1 Å². The van der Waals surface area contributed by atoms with Gasteiger partial charge < -0.3 is 9.73 Å². The van der Waals surface area contributed by atoms with Gasteiger partial charge in [-0.25, -0.2) is 4.98 Å². The predicted octanol–water partition coefficient (Wildman–Crippen LogP) is 6.07. The Morgan fingerprint density at radius 3 is 2.58 bits per heavy atom. The number of furan rings is 1. The van der Waals surface area contributed by atoms with Crippen LogP contribution in [-0.4, -0.2) is 16.8 Å². The molecule has 0 bridgehead atoms. The van der Waals surface area contributed by atoms with Crippen molar-refractivity contribution in [3.63, 3.8) is 0 Å². The van der Waals surface area contributed by atoms with Crippen molar-refractivity contribution in [1.29, 1.82) is 0 Å². The zero-order valence-electron chi connectivity index (χ0n) is 17.7. The van der Waals surface area contributed by atoms with Crippen molar-refractivity contribution in [2.75, 3.05) is 4.90 Å². The number of halogens is 1. The van der Waals surface area contributed by atoms with Crippen LogP contribution in [0.25, 0.3) is 17.4 Å². The van der Waals surface area contributed by atoms with E-state index in [1.807, 2.05) is 54.6 Å². The average molecular weight is 478 g/mol. The lowest BCUT2D eigenvalue weighted by molar-refractivity contribution is -0.117. The summed E-state index contributed by atoms with van der Waals surface area (Å²) in [6.07, 6.45) is 3.02. The molecule has 0 saturated carbocycles. The number of carbonyl (C=O) groups excluding carboxylic acids is 2. The monoisotopic (exact) mass is 477 g/mol. The molecule has 1 N–H and O–H groups in total. The molecule has 0 spiro atoms. The third-order valence-corrected chi connectivity index (χ3v) is 5.76. The lowest BCUT2D eigenvalue weighted by Gasteiger charge is -2.17. The Hall–Kier alpha value is -3.68. The molecule has 0 aliphatic carbocycles. The Morgan fingerprint density at radius 2 is 1.85 bits per heavy atom. The highest BCUT2D eigenvalue weighted by atomic mass is 35.5. The molecule has 0 saturated heterocycles. The van der Waals surface area contributed by atoms with E-state index in [-0.39, 0.29) is 18.4 Å². The second-order valence-corrected chi connectivity index (χ2v) is 8.34. The molecule has 6 nitrogen and oxygen atoms in total. The second-order valence-electron chi connectivity index (χ2n) is 7.07. The van der Waals surface area contributed by atoms with Gasteiger partial charge in [-0.1, -0.05) is 29.8 Å². The minimum Gasteiger partial charge on any atom is -0.459 e. The topological polar surface area (TPSA) is 75.4 Å². The fraction of sp³-hybridized carbons (Fsp3) is 0.0800. The second kappa shape index (κ2) is 10.3. The van der Waals surface area contributed by atoms with Gasteiger partial charge in [0.25, 0.3) is 0 Å². The quantitative estimate of drug-likeness (QED) is 0.328. The first-order valence-electron chi connectivity index (χ1n) is 10.1. The van der Waals surface area contributed by atoms with Crippen LogP contribution in [0, 0.1) is 0 Å². The molecule has 0 fully saturated rings. The molecule has 0 radical (unpaired) electrons. The van der Waals surface area contributed by atoms with Crippen LogP contribution >= 0.6 is 22.9 Å². The van der Waals surface area contributed by atoms with E-state index < -0.39 is 0 Å². The van der Waals surface area contributed by atoms with Crippen LogP contribution in [0.4, 0.5) is 10.8 Å². The van der Waals surface area contributed by atoms with Gasteiger partial charge in [0.05, 0.1) is 17.9 Å². The number of carbonyl (C=O) groups is 2. The van der Waals surface area contributed by atoms with E-state index in [4.69, 9.17) is 16.0 Å². The zero-order chi connectivity index (χ0) is 23.2.